The van der Waals surface area contributed by atoms with E-state index in [1.807, 2.05) is 0 Å². The highest BCUT2D eigenvalue weighted by molar-refractivity contribution is 7.88. The molecule has 1 N–H and O–H groups in total. The number of carbonyl (C=O) groups excluding carboxylic acids is 1. The minimum atomic E-state index is -3.49. The number of halogens is 2. The third-order valence-electron chi connectivity index (χ3n) is 4.40. The molecule has 0 spiro atoms. The maximum Gasteiger partial charge on any atom is 0.223 e. The lowest BCUT2D eigenvalue weighted by molar-refractivity contribution is -0.126. The summed E-state index contributed by atoms with van der Waals surface area (Å²) < 4.78 is 31.6. The molecule has 0 bridgehead atoms. The van der Waals surface area contributed by atoms with Gasteiger partial charge in [-0.3, -0.25) is 4.79 Å². The van der Waals surface area contributed by atoms with Gasteiger partial charge in [-0.25, -0.2) is 12.7 Å². The van der Waals surface area contributed by atoms with Gasteiger partial charge in [-0.1, -0.05) is 29.3 Å². The van der Waals surface area contributed by atoms with Crippen molar-refractivity contribution < 1.29 is 17.9 Å². The average molecular weight is 423 g/mol. The molecular formula is C17H24Cl2N2O4S. The van der Waals surface area contributed by atoms with Crippen LogP contribution >= 0.6 is 23.2 Å². The molecular weight excluding hydrogens is 399 g/mol. The van der Waals surface area contributed by atoms with E-state index in [0.717, 1.165) is 6.42 Å². The molecule has 26 heavy (non-hydrogen) atoms. The monoisotopic (exact) mass is 422 g/mol. The summed E-state index contributed by atoms with van der Waals surface area (Å²) in [4.78, 5) is 12.1. The van der Waals surface area contributed by atoms with Crippen LogP contribution in [0.1, 0.15) is 24.8 Å². The van der Waals surface area contributed by atoms with Crippen LogP contribution in [0.3, 0.4) is 0 Å². The van der Waals surface area contributed by atoms with Crippen LogP contribution in [-0.4, -0.2) is 52.0 Å². The van der Waals surface area contributed by atoms with Gasteiger partial charge in [0.25, 0.3) is 0 Å². The quantitative estimate of drug-likeness (QED) is 0.653. The van der Waals surface area contributed by atoms with Crippen molar-refractivity contribution in [1.82, 2.24) is 9.62 Å². The number of ether oxygens (including phenoxy) is 1. The first kappa shape index (κ1) is 21.4. The van der Waals surface area contributed by atoms with E-state index < -0.39 is 10.0 Å². The van der Waals surface area contributed by atoms with Crippen molar-refractivity contribution >= 4 is 39.1 Å². The molecule has 1 fully saturated rings. The van der Waals surface area contributed by atoms with Crippen LogP contribution in [0.5, 0.6) is 0 Å². The van der Waals surface area contributed by atoms with Crippen LogP contribution in [0.4, 0.5) is 0 Å². The van der Waals surface area contributed by atoms with Gasteiger partial charge in [0.05, 0.1) is 5.75 Å². The lowest BCUT2D eigenvalue weighted by Gasteiger charge is -2.30. The molecule has 1 saturated heterocycles. The fourth-order valence-electron chi connectivity index (χ4n) is 2.90. The lowest BCUT2D eigenvalue weighted by atomic mass is 9.97. The first-order chi connectivity index (χ1) is 12.3. The van der Waals surface area contributed by atoms with Crippen molar-refractivity contribution in [3.05, 3.63) is 33.8 Å². The van der Waals surface area contributed by atoms with E-state index in [2.05, 4.69) is 5.32 Å². The fraction of sp³-hybridized carbons (Fsp3) is 0.588. The normalized spacial score (nSPS) is 16.6. The van der Waals surface area contributed by atoms with Gasteiger partial charge in [0.2, 0.25) is 15.9 Å². The Balaban J connectivity index is 1.87. The molecule has 1 aromatic carbocycles. The van der Waals surface area contributed by atoms with Crippen LogP contribution in [-0.2, 0) is 25.3 Å². The van der Waals surface area contributed by atoms with E-state index in [-0.39, 0.29) is 17.6 Å². The largest absolute Gasteiger partial charge is 0.385 e. The third-order valence-corrected chi connectivity index (χ3v) is 6.81. The predicted octanol–water partition coefficient (Wildman–Crippen LogP) is 2.69. The van der Waals surface area contributed by atoms with Crippen molar-refractivity contribution in [3.8, 4) is 0 Å². The number of rotatable bonds is 8. The van der Waals surface area contributed by atoms with Crippen molar-refractivity contribution in [1.29, 1.82) is 0 Å². The summed E-state index contributed by atoms with van der Waals surface area (Å²) in [6, 6.07) is 4.79. The SMILES string of the molecule is COCCCNC(=O)C1CCN(S(=O)(=O)Cc2ccc(Cl)cc2Cl)CC1. The molecule has 1 aromatic rings. The molecule has 0 radical (unpaired) electrons. The van der Waals surface area contributed by atoms with Crippen molar-refractivity contribution in [2.75, 3.05) is 33.4 Å². The van der Waals surface area contributed by atoms with E-state index in [9.17, 15) is 13.2 Å². The van der Waals surface area contributed by atoms with E-state index in [0.29, 0.717) is 54.7 Å². The minimum Gasteiger partial charge on any atom is -0.385 e. The van der Waals surface area contributed by atoms with Crippen LogP contribution in [0.25, 0.3) is 0 Å². The van der Waals surface area contributed by atoms with Gasteiger partial charge in [0.15, 0.2) is 0 Å². The number of methoxy groups -OCH3 is 1. The summed E-state index contributed by atoms with van der Waals surface area (Å²) in [5.41, 5.74) is 0.522. The van der Waals surface area contributed by atoms with E-state index in [1.54, 1.807) is 19.2 Å². The molecule has 1 aliphatic rings. The van der Waals surface area contributed by atoms with Gasteiger partial charge < -0.3 is 10.1 Å². The predicted molar refractivity (Wildman–Crippen MR) is 103 cm³/mol. The summed E-state index contributed by atoms with van der Waals surface area (Å²) in [6.45, 7) is 1.85. The molecule has 0 atom stereocenters. The molecule has 0 unspecified atom stereocenters. The number of nitrogens with zero attached hydrogens (tertiary/aromatic N) is 1. The number of carbonyl (C=O) groups is 1. The number of hydrogen-bond donors (Lipinski definition) is 1. The van der Waals surface area contributed by atoms with Gasteiger partial charge in [-0.2, -0.15) is 0 Å². The number of benzene rings is 1. The van der Waals surface area contributed by atoms with E-state index in [4.69, 9.17) is 27.9 Å². The first-order valence-electron chi connectivity index (χ1n) is 8.52. The number of amides is 1. The number of sulfonamides is 1. The zero-order chi connectivity index (χ0) is 19.2. The van der Waals surface area contributed by atoms with Crippen LogP contribution in [0, 0.1) is 5.92 Å². The standard InChI is InChI=1S/C17H24Cl2N2O4S/c1-25-10-2-7-20-17(22)13-5-8-21(9-6-13)26(23,24)12-14-3-4-15(18)11-16(14)19/h3-4,11,13H,2,5-10,12H2,1H3,(H,20,22). The van der Waals surface area contributed by atoms with Crippen LogP contribution < -0.4 is 5.32 Å². The molecule has 146 valence electrons. The fourth-order valence-corrected chi connectivity index (χ4v) is 5.04. The Morgan fingerprint density at radius 3 is 2.62 bits per heavy atom. The second-order valence-electron chi connectivity index (χ2n) is 6.30. The second kappa shape index (κ2) is 9.90. The zero-order valence-corrected chi connectivity index (χ0v) is 17.0. The van der Waals surface area contributed by atoms with Gasteiger partial charge in [-0.05, 0) is 37.0 Å². The lowest BCUT2D eigenvalue weighted by Crippen LogP contribution is -2.43. The maximum atomic E-state index is 12.6. The van der Waals surface area contributed by atoms with Gasteiger partial charge in [0, 0.05) is 49.3 Å². The smallest absolute Gasteiger partial charge is 0.223 e. The van der Waals surface area contributed by atoms with Gasteiger partial charge in [-0.15, -0.1) is 0 Å². The molecule has 1 aliphatic heterocycles. The summed E-state index contributed by atoms with van der Waals surface area (Å²) >= 11 is 11.9. The third kappa shape index (κ3) is 6.09. The molecule has 1 amide bonds. The van der Waals surface area contributed by atoms with E-state index >= 15 is 0 Å². The molecule has 0 saturated carbocycles. The highest BCUT2D eigenvalue weighted by Gasteiger charge is 2.31. The first-order valence-corrected chi connectivity index (χ1v) is 10.9. The summed E-state index contributed by atoms with van der Waals surface area (Å²) in [7, 11) is -1.87. The highest BCUT2D eigenvalue weighted by atomic mass is 35.5. The zero-order valence-electron chi connectivity index (χ0n) is 14.7. The molecule has 0 aliphatic carbocycles. The Morgan fingerprint density at radius 1 is 1.31 bits per heavy atom. The molecule has 1 heterocycles. The average Bonchev–Trinajstić information content (AvgIpc) is 2.61. The molecule has 6 nitrogen and oxygen atoms in total. The highest BCUT2D eigenvalue weighted by Crippen LogP contribution is 2.26. The van der Waals surface area contributed by atoms with Crippen LogP contribution in [0.15, 0.2) is 18.2 Å². The Kier molecular flexibility index (Phi) is 8.16. The molecule has 9 heteroatoms. The number of piperidine rings is 1. The number of nitrogens with one attached hydrogen (secondary N) is 1. The van der Waals surface area contributed by atoms with Crippen molar-refractivity contribution in [3.63, 3.8) is 0 Å². The minimum absolute atomic E-state index is 0.0149. The maximum absolute atomic E-state index is 12.6. The van der Waals surface area contributed by atoms with Crippen molar-refractivity contribution in [2.24, 2.45) is 5.92 Å². The molecule has 2 rings (SSSR count). The second-order valence-corrected chi connectivity index (χ2v) is 9.12. The Labute approximate surface area is 164 Å². The van der Waals surface area contributed by atoms with E-state index in [1.165, 1.54) is 10.4 Å². The Hall–Kier alpha value is -0.860. The summed E-state index contributed by atoms with van der Waals surface area (Å²) in [5, 5.41) is 3.68. The number of hydrogen-bond acceptors (Lipinski definition) is 4. The molecule has 0 aromatic heterocycles. The Bertz CT molecular complexity index is 719. The summed E-state index contributed by atoms with van der Waals surface area (Å²) in [6.07, 6.45) is 1.80. The van der Waals surface area contributed by atoms with Crippen LogP contribution in [0.2, 0.25) is 10.0 Å². The van der Waals surface area contributed by atoms with Gasteiger partial charge >= 0.3 is 0 Å². The van der Waals surface area contributed by atoms with Gasteiger partial charge in [0.1, 0.15) is 0 Å². The summed E-state index contributed by atoms with van der Waals surface area (Å²) in [5.74, 6) is -0.335. The topological polar surface area (TPSA) is 75.7 Å². The Morgan fingerprint density at radius 2 is 2.00 bits per heavy atom. The van der Waals surface area contributed by atoms with Crippen molar-refractivity contribution in [2.45, 2.75) is 25.0 Å².